The van der Waals surface area contributed by atoms with Crippen molar-refractivity contribution in [2.75, 3.05) is 13.6 Å². The van der Waals surface area contributed by atoms with E-state index in [2.05, 4.69) is 6.07 Å². The number of nitriles is 1. The molecule has 0 amide bonds. The zero-order valence-electron chi connectivity index (χ0n) is 10.3. The lowest BCUT2D eigenvalue weighted by molar-refractivity contribution is -0.384. The lowest BCUT2D eigenvalue weighted by Crippen LogP contribution is -2.23. The molecule has 5 nitrogen and oxygen atoms in total. The van der Waals surface area contributed by atoms with Crippen LogP contribution in [0.3, 0.4) is 0 Å². The Morgan fingerprint density at radius 2 is 2.28 bits per heavy atom. The van der Waals surface area contributed by atoms with Gasteiger partial charge in [0.15, 0.2) is 0 Å². The van der Waals surface area contributed by atoms with Crippen LogP contribution in [0.2, 0.25) is 5.02 Å². The SMILES string of the molecule is CC(C#N)CN(C)Cc1cc([N+](=O)[O-])ccc1Cl. The average Bonchev–Trinajstić information content (AvgIpc) is 2.31. The average molecular weight is 268 g/mol. The van der Waals surface area contributed by atoms with Crippen molar-refractivity contribution in [2.24, 2.45) is 5.92 Å². The Morgan fingerprint density at radius 1 is 1.61 bits per heavy atom. The number of hydrogen-bond acceptors (Lipinski definition) is 4. The van der Waals surface area contributed by atoms with E-state index in [1.165, 1.54) is 18.2 Å². The third kappa shape index (κ3) is 3.99. The van der Waals surface area contributed by atoms with Crippen molar-refractivity contribution < 1.29 is 4.92 Å². The minimum Gasteiger partial charge on any atom is -0.301 e. The quantitative estimate of drug-likeness (QED) is 0.607. The summed E-state index contributed by atoms with van der Waals surface area (Å²) in [7, 11) is 1.85. The lowest BCUT2D eigenvalue weighted by atomic mass is 10.1. The highest BCUT2D eigenvalue weighted by molar-refractivity contribution is 6.31. The van der Waals surface area contributed by atoms with Gasteiger partial charge in [0.2, 0.25) is 0 Å². The molecule has 0 spiro atoms. The fraction of sp³-hybridized carbons (Fsp3) is 0.417. The van der Waals surface area contributed by atoms with E-state index in [0.29, 0.717) is 23.7 Å². The molecule has 0 saturated carbocycles. The van der Waals surface area contributed by atoms with Crippen LogP contribution in [-0.4, -0.2) is 23.4 Å². The second-order valence-corrected chi connectivity index (χ2v) is 4.67. The topological polar surface area (TPSA) is 70.2 Å². The number of halogens is 1. The van der Waals surface area contributed by atoms with Gasteiger partial charge in [0, 0.05) is 30.2 Å². The summed E-state index contributed by atoms with van der Waals surface area (Å²) in [5.74, 6) is -0.0903. The molecular formula is C12H14ClN3O2. The molecule has 0 aliphatic carbocycles. The fourth-order valence-corrected chi connectivity index (χ4v) is 1.84. The van der Waals surface area contributed by atoms with E-state index >= 15 is 0 Å². The van der Waals surface area contributed by atoms with Crippen molar-refractivity contribution in [1.82, 2.24) is 4.90 Å². The van der Waals surface area contributed by atoms with E-state index in [0.717, 1.165) is 0 Å². The largest absolute Gasteiger partial charge is 0.301 e. The molecule has 0 fully saturated rings. The molecule has 96 valence electrons. The molecule has 0 aliphatic rings. The predicted molar refractivity (Wildman–Crippen MR) is 69.2 cm³/mol. The highest BCUT2D eigenvalue weighted by atomic mass is 35.5. The van der Waals surface area contributed by atoms with Crippen molar-refractivity contribution in [3.05, 3.63) is 38.9 Å². The van der Waals surface area contributed by atoms with Gasteiger partial charge in [0.05, 0.1) is 16.9 Å². The van der Waals surface area contributed by atoms with Crippen LogP contribution < -0.4 is 0 Å². The second kappa shape index (κ2) is 6.34. The number of hydrogen-bond donors (Lipinski definition) is 0. The predicted octanol–water partition coefficient (Wildman–Crippen LogP) is 2.84. The number of nitro benzene ring substituents is 1. The molecule has 0 aliphatic heterocycles. The summed E-state index contributed by atoms with van der Waals surface area (Å²) in [5, 5.41) is 19.9. The van der Waals surface area contributed by atoms with Crippen molar-refractivity contribution in [3.63, 3.8) is 0 Å². The van der Waals surface area contributed by atoms with Gasteiger partial charge in [-0.15, -0.1) is 0 Å². The molecule has 1 atom stereocenters. The van der Waals surface area contributed by atoms with Crippen LogP contribution in [0.1, 0.15) is 12.5 Å². The normalized spacial score (nSPS) is 12.2. The maximum atomic E-state index is 10.7. The smallest absolute Gasteiger partial charge is 0.269 e. The third-order valence-electron chi connectivity index (χ3n) is 2.49. The molecule has 0 heterocycles. The van der Waals surface area contributed by atoms with Gasteiger partial charge in [0.1, 0.15) is 0 Å². The van der Waals surface area contributed by atoms with Crippen LogP contribution in [0, 0.1) is 27.4 Å². The first-order chi connectivity index (χ1) is 8.43. The summed E-state index contributed by atoms with van der Waals surface area (Å²) in [4.78, 5) is 12.1. The molecule has 1 aromatic carbocycles. The first-order valence-corrected chi connectivity index (χ1v) is 5.82. The lowest BCUT2D eigenvalue weighted by Gasteiger charge is -2.18. The monoisotopic (exact) mass is 267 g/mol. The molecular weight excluding hydrogens is 254 g/mol. The number of benzene rings is 1. The van der Waals surface area contributed by atoms with Crippen molar-refractivity contribution in [2.45, 2.75) is 13.5 Å². The van der Waals surface area contributed by atoms with Crippen LogP contribution in [0.5, 0.6) is 0 Å². The summed E-state index contributed by atoms with van der Waals surface area (Å²) >= 11 is 6.00. The van der Waals surface area contributed by atoms with Crippen molar-refractivity contribution >= 4 is 17.3 Å². The van der Waals surface area contributed by atoms with Gasteiger partial charge >= 0.3 is 0 Å². The maximum Gasteiger partial charge on any atom is 0.269 e. The maximum absolute atomic E-state index is 10.7. The highest BCUT2D eigenvalue weighted by Gasteiger charge is 2.12. The van der Waals surface area contributed by atoms with Gasteiger partial charge < -0.3 is 4.90 Å². The van der Waals surface area contributed by atoms with Gasteiger partial charge in [-0.1, -0.05) is 11.6 Å². The molecule has 0 radical (unpaired) electrons. The number of nitro groups is 1. The summed E-state index contributed by atoms with van der Waals surface area (Å²) in [6, 6.07) is 6.51. The summed E-state index contributed by atoms with van der Waals surface area (Å²) in [6.07, 6.45) is 0. The van der Waals surface area contributed by atoms with Gasteiger partial charge in [-0.25, -0.2) is 0 Å². The molecule has 18 heavy (non-hydrogen) atoms. The van der Waals surface area contributed by atoms with Crippen LogP contribution in [0.25, 0.3) is 0 Å². The Bertz CT molecular complexity index is 485. The van der Waals surface area contributed by atoms with E-state index in [1.54, 1.807) is 0 Å². The van der Waals surface area contributed by atoms with E-state index in [-0.39, 0.29) is 11.6 Å². The molecule has 0 aromatic heterocycles. The number of non-ortho nitro benzene ring substituents is 1. The van der Waals surface area contributed by atoms with Crippen LogP contribution in [0.15, 0.2) is 18.2 Å². The van der Waals surface area contributed by atoms with Gasteiger partial charge in [-0.3, -0.25) is 10.1 Å². The standard InChI is InChI=1S/C12H14ClN3O2/c1-9(6-14)7-15(2)8-10-5-11(16(17)18)3-4-12(10)13/h3-5,9H,7-8H2,1-2H3. The zero-order valence-corrected chi connectivity index (χ0v) is 11.0. The minimum absolute atomic E-state index is 0.0242. The Hall–Kier alpha value is -1.64. The molecule has 1 aromatic rings. The molecule has 6 heteroatoms. The van der Waals surface area contributed by atoms with Crippen LogP contribution in [0.4, 0.5) is 5.69 Å². The fourth-order valence-electron chi connectivity index (χ4n) is 1.66. The Labute approximate surface area is 111 Å². The molecule has 0 N–H and O–H groups in total. The van der Waals surface area contributed by atoms with Gasteiger partial charge in [-0.05, 0) is 25.6 Å². The van der Waals surface area contributed by atoms with Crippen molar-refractivity contribution in [1.29, 1.82) is 5.26 Å². The first-order valence-electron chi connectivity index (χ1n) is 5.45. The molecule has 1 rings (SSSR count). The molecule has 1 unspecified atom stereocenters. The zero-order chi connectivity index (χ0) is 13.7. The second-order valence-electron chi connectivity index (χ2n) is 4.26. The minimum atomic E-state index is -0.447. The van der Waals surface area contributed by atoms with E-state index in [1.807, 2.05) is 18.9 Å². The first kappa shape index (κ1) is 14.4. The highest BCUT2D eigenvalue weighted by Crippen LogP contribution is 2.23. The summed E-state index contributed by atoms with van der Waals surface area (Å²) in [5.41, 5.74) is 0.717. The van der Waals surface area contributed by atoms with Crippen molar-refractivity contribution in [3.8, 4) is 6.07 Å². The van der Waals surface area contributed by atoms with Crippen LogP contribution >= 0.6 is 11.6 Å². The number of rotatable bonds is 5. The Balaban J connectivity index is 2.80. The molecule has 0 bridgehead atoms. The van der Waals surface area contributed by atoms with Crippen LogP contribution in [-0.2, 0) is 6.54 Å². The molecule has 0 saturated heterocycles. The van der Waals surface area contributed by atoms with E-state index < -0.39 is 4.92 Å². The third-order valence-corrected chi connectivity index (χ3v) is 2.86. The van der Waals surface area contributed by atoms with E-state index in [9.17, 15) is 10.1 Å². The Kier molecular flexibility index (Phi) is 5.08. The van der Waals surface area contributed by atoms with E-state index in [4.69, 9.17) is 16.9 Å². The number of nitrogens with zero attached hydrogens (tertiary/aromatic N) is 3. The Morgan fingerprint density at radius 3 is 2.83 bits per heavy atom. The van der Waals surface area contributed by atoms with Gasteiger partial charge in [0.25, 0.3) is 5.69 Å². The summed E-state index contributed by atoms with van der Waals surface area (Å²) < 4.78 is 0. The summed E-state index contributed by atoms with van der Waals surface area (Å²) in [6.45, 7) is 2.90. The van der Waals surface area contributed by atoms with Gasteiger partial charge in [-0.2, -0.15) is 5.26 Å².